The van der Waals surface area contributed by atoms with Crippen LogP contribution in [0.5, 0.6) is 0 Å². The number of carbonyl (C=O) groups is 2. The maximum absolute atomic E-state index is 12.8. The molecule has 0 heterocycles. The van der Waals surface area contributed by atoms with Gasteiger partial charge in [0.15, 0.2) is 0 Å². The topological polar surface area (TPSA) is 58.2 Å². The monoisotopic (exact) mass is 304 g/mol. The maximum atomic E-state index is 12.8. The average Bonchev–Trinajstić information content (AvgIpc) is 2.55. The fourth-order valence-electron chi connectivity index (χ4n) is 2.71. The van der Waals surface area contributed by atoms with Gasteiger partial charge in [-0.15, -0.1) is 6.58 Å². The van der Waals surface area contributed by atoms with Gasteiger partial charge >= 0.3 is 0 Å². The lowest BCUT2D eigenvalue weighted by Crippen LogP contribution is -2.35. The van der Waals surface area contributed by atoms with Gasteiger partial charge < -0.3 is 10.6 Å². The van der Waals surface area contributed by atoms with E-state index in [1.807, 2.05) is 0 Å². The Bertz CT molecular complexity index is 534. The molecule has 1 aromatic carbocycles. The molecule has 2 rings (SSSR count). The number of amides is 2. The summed E-state index contributed by atoms with van der Waals surface area (Å²) in [6, 6.07) is 5.72. The summed E-state index contributed by atoms with van der Waals surface area (Å²) in [4.78, 5) is 24.0. The first-order chi connectivity index (χ1) is 10.6. The Labute approximate surface area is 129 Å². The van der Waals surface area contributed by atoms with E-state index in [4.69, 9.17) is 0 Å². The van der Waals surface area contributed by atoms with E-state index in [0.717, 1.165) is 0 Å². The third kappa shape index (κ3) is 4.41. The Morgan fingerprint density at radius 2 is 1.64 bits per heavy atom. The molecule has 2 N–H and O–H groups in total. The summed E-state index contributed by atoms with van der Waals surface area (Å²) >= 11 is 0. The van der Waals surface area contributed by atoms with Gasteiger partial charge in [0.2, 0.25) is 11.8 Å². The normalized spacial score (nSPS) is 21.0. The van der Waals surface area contributed by atoms with Gasteiger partial charge in [0.05, 0.1) is 0 Å². The fraction of sp³-hybridized carbons (Fsp3) is 0.412. The molecule has 1 aromatic rings. The first-order valence-electron chi connectivity index (χ1n) is 7.55. The molecule has 1 saturated carbocycles. The Morgan fingerprint density at radius 1 is 1.09 bits per heavy atom. The van der Waals surface area contributed by atoms with E-state index in [1.54, 1.807) is 18.2 Å². The largest absolute Gasteiger partial charge is 0.352 e. The van der Waals surface area contributed by atoms with Gasteiger partial charge in [0.1, 0.15) is 5.82 Å². The van der Waals surface area contributed by atoms with Crippen LogP contribution in [-0.4, -0.2) is 18.4 Å². The summed E-state index contributed by atoms with van der Waals surface area (Å²) < 4.78 is 12.8. The van der Waals surface area contributed by atoms with E-state index in [9.17, 15) is 14.0 Å². The molecule has 1 fully saturated rings. The van der Waals surface area contributed by atoms with Crippen LogP contribution >= 0.6 is 0 Å². The molecule has 0 atom stereocenters. The van der Waals surface area contributed by atoms with Crippen LogP contribution in [0.4, 0.5) is 10.1 Å². The van der Waals surface area contributed by atoms with Gasteiger partial charge in [0, 0.05) is 24.1 Å². The summed E-state index contributed by atoms with van der Waals surface area (Å²) in [6.45, 7) is 4.04. The Morgan fingerprint density at radius 3 is 2.18 bits per heavy atom. The van der Waals surface area contributed by atoms with Crippen molar-refractivity contribution in [3.8, 4) is 0 Å². The molecule has 1 aliphatic carbocycles. The maximum Gasteiger partial charge on any atom is 0.227 e. The Hall–Kier alpha value is -2.17. The standard InChI is InChI=1S/C17H21FN2O2/c1-2-11-19-16(21)12-3-5-13(6-4-12)17(22)20-15-9-7-14(18)8-10-15/h2,7-10,12-13H,1,3-6,11H2,(H,19,21)(H,20,22). The van der Waals surface area contributed by atoms with Crippen LogP contribution in [0.25, 0.3) is 0 Å². The third-order valence-electron chi connectivity index (χ3n) is 4.00. The summed E-state index contributed by atoms with van der Waals surface area (Å²) in [5, 5.41) is 5.60. The highest BCUT2D eigenvalue weighted by Gasteiger charge is 2.29. The van der Waals surface area contributed by atoms with E-state index >= 15 is 0 Å². The molecule has 2 amide bonds. The molecule has 0 unspecified atom stereocenters. The average molecular weight is 304 g/mol. The third-order valence-corrected chi connectivity index (χ3v) is 4.00. The number of halogens is 1. The van der Waals surface area contributed by atoms with Crippen molar-refractivity contribution >= 4 is 17.5 Å². The molecular weight excluding hydrogens is 283 g/mol. The number of rotatable bonds is 5. The molecule has 0 aliphatic heterocycles. The van der Waals surface area contributed by atoms with Crippen molar-refractivity contribution in [1.82, 2.24) is 5.32 Å². The second kappa shape index (κ2) is 7.73. The predicted octanol–water partition coefficient (Wildman–Crippen LogP) is 2.87. The van der Waals surface area contributed by atoms with Gasteiger partial charge in [0.25, 0.3) is 0 Å². The highest BCUT2D eigenvalue weighted by Crippen LogP contribution is 2.29. The minimum atomic E-state index is -0.330. The van der Waals surface area contributed by atoms with Gasteiger partial charge in [-0.05, 0) is 49.9 Å². The quantitative estimate of drug-likeness (QED) is 0.822. The minimum absolute atomic E-state index is 0.0187. The first-order valence-corrected chi connectivity index (χ1v) is 7.55. The van der Waals surface area contributed by atoms with Crippen LogP contribution in [-0.2, 0) is 9.59 Å². The van der Waals surface area contributed by atoms with Crippen LogP contribution in [0.15, 0.2) is 36.9 Å². The second-order valence-corrected chi connectivity index (χ2v) is 5.58. The smallest absolute Gasteiger partial charge is 0.227 e. The number of hydrogen-bond donors (Lipinski definition) is 2. The molecule has 0 aromatic heterocycles. The summed E-state index contributed by atoms with van der Waals surface area (Å²) in [5.74, 6) is -0.457. The minimum Gasteiger partial charge on any atom is -0.352 e. The van der Waals surface area contributed by atoms with Crippen LogP contribution in [0, 0.1) is 17.7 Å². The number of benzene rings is 1. The molecule has 0 bridgehead atoms. The zero-order valence-electron chi connectivity index (χ0n) is 12.5. The van der Waals surface area contributed by atoms with Crippen LogP contribution < -0.4 is 10.6 Å². The van der Waals surface area contributed by atoms with Gasteiger partial charge in [-0.1, -0.05) is 6.08 Å². The van der Waals surface area contributed by atoms with Crippen molar-refractivity contribution in [1.29, 1.82) is 0 Å². The lowest BCUT2D eigenvalue weighted by atomic mass is 9.81. The van der Waals surface area contributed by atoms with Crippen molar-refractivity contribution < 1.29 is 14.0 Å². The molecule has 4 nitrogen and oxygen atoms in total. The molecule has 0 saturated heterocycles. The van der Waals surface area contributed by atoms with Crippen LogP contribution in [0.1, 0.15) is 25.7 Å². The van der Waals surface area contributed by atoms with Crippen molar-refractivity contribution in [2.24, 2.45) is 11.8 Å². The van der Waals surface area contributed by atoms with Gasteiger partial charge in [-0.3, -0.25) is 9.59 Å². The molecule has 0 radical (unpaired) electrons. The first kappa shape index (κ1) is 16.2. The molecule has 22 heavy (non-hydrogen) atoms. The summed E-state index contributed by atoms with van der Waals surface area (Å²) in [7, 11) is 0. The fourth-order valence-corrected chi connectivity index (χ4v) is 2.71. The van der Waals surface area contributed by atoms with E-state index < -0.39 is 0 Å². The Kier molecular flexibility index (Phi) is 5.69. The molecule has 118 valence electrons. The zero-order valence-corrected chi connectivity index (χ0v) is 12.5. The van der Waals surface area contributed by atoms with Crippen molar-refractivity contribution in [2.45, 2.75) is 25.7 Å². The summed E-state index contributed by atoms with van der Waals surface area (Å²) in [5.41, 5.74) is 0.595. The van der Waals surface area contributed by atoms with Crippen molar-refractivity contribution in [2.75, 3.05) is 11.9 Å². The van der Waals surface area contributed by atoms with Crippen molar-refractivity contribution in [3.05, 3.63) is 42.7 Å². The lowest BCUT2D eigenvalue weighted by molar-refractivity contribution is -0.128. The predicted molar refractivity (Wildman–Crippen MR) is 83.7 cm³/mol. The zero-order chi connectivity index (χ0) is 15.9. The SMILES string of the molecule is C=CCNC(=O)C1CCC(C(=O)Nc2ccc(F)cc2)CC1. The Balaban J connectivity index is 1.80. The van der Waals surface area contributed by atoms with E-state index in [1.165, 1.54) is 12.1 Å². The number of nitrogens with one attached hydrogen (secondary N) is 2. The lowest BCUT2D eigenvalue weighted by Gasteiger charge is -2.27. The van der Waals surface area contributed by atoms with Crippen molar-refractivity contribution in [3.63, 3.8) is 0 Å². The highest BCUT2D eigenvalue weighted by atomic mass is 19.1. The molecule has 5 heteroatoms. The van der Waals surface area contributed by atoms with E-state index in [-0.39, 0.29) is 29.5 Å². The van der Waals surface area contributed by atoms with Gasteiger partial charge in [-0.2, -0.15) is 0 Å². The van der Waals surface area contributed by atoms with E-state index in [2.05, 4.69) is 17.2 Å². The van der Waals surface area contributed by atoms with Crippen LogP contribution in [0.3, 0.4) is 0 Å². The molecule has 1 aliphatic rings. The highest BCUT2D eigenvalue weighted by molar-refractivity contribution is 5.92. The van der Waals surface area contributed by atoms with E-state index in [0.29, 0.717) is 37.9 Å². The van der Waals surface area contributed by atoms with Crippen LogP contribution in [0.2, 0.25) is 0 Å². The number of anilines is 1. The molecule has 0 spiro atoms. The number of carbonyl (C=O) groups excluding carboxylic acids is 2. The number of hydrogen-bond acceptors (Lipinski definition) is 2. The van der Waals surface area contributed by atoms with Gasteiger partial charge in [-0.25, -0.2) is 4.39 Å². The second-order valence-electron chi connectivity index (χ2n) is 5.58. The summed E-state index contributed by atoms with van der Waals surface area (Å²) in [6.07, 6.45) is 4.47. The molecular formula is C17H21FN2O2.